The van der Waals surface area contributed by atoms with Gasteiger partial charge in [0, 0.05) is 44.6 Å². The smallest absolute Gasteiger partial charge is 0.222 e. The fourth-order valence-corrected chi connectivity index (χ4v) is 4.84. The van der Waals surface area contributed by atoms with Crippen LogP contribution in [0, 0.1) is 0 Å². The number of carbonyl (C=O) groups excluding carboxylic acids is 1. The van der Waals surface area contributed by atoms with E-state index in [9.17, 15) is 4.79 Å². The number of likely N-dealkylation sites (tertiary alicyclic amines) is 1. The molecule has 7 heteroatoms. The molecular weight excluding hydrogens is 388 g/mol. The predicted molar refractivity (Wildman–Crippen MR) is 118 cm³/mol. The van der Waals surface area contributed by atoms with Gasteiger partial charge >= 0.3 is 0 Å². The number of hydrogen-bond acceptors (Lipinski definition) is 4. The van der Waals surface area contributed by atoms with Crippen molar-refractivity contribution in [1.29, 1.82) is 0 Å². The van der Waals surface area contributed by atoms with Crippen LogP contribution in [-0.4, -0.2) is 48.4 Å². The van der Waals surface area contributed by atoms with E-state index in [2.05, 4.69) is 19.9 Å². The van der Waals surface area contributed by atoms with E-state index >= 15 is 0 Å². The molecule has 0 unspecified atom stereocenters. The maximum absolute atomic E-state index is 13.0. The Hall–Kier alpha value is -2.96. The first-order chi connectivity index (χ1) is 15.3. The van der Waals surface area contributed by atoms with Crippen LogP contribution in [0.4, 0.5) is 0 Å². The van der Waals surface area contributed by atoms with Crippen LogP contribution in [-0.2, 0) is 24.2 Å². The summed E-state index contributed by atoms with van der Waals surface area (Å²) in [6.45, 7) is 2.63. The molecule has 2 aliphatic heterocycles. The average molecular weight is 419 g/mol. The van der Waals surface area contributed by atoms with E-state index in [-0.39, 0.29) is 5.91 Å². The van der Waals surface area contributed by atoms with Crippen molar-refractivity contribution in [2.75, 3.05) is 13.1 Å². The van der Waals surface area contributed by atoms with Crippen LogP contribution in [0.1, 0.15) is 61.7 Å². The maximum Gasteiger partial charge on any atom is 0.222 e. The molecule has 5 rings (SSSR count). The number of rotatable bonds is 5. The highest BCUT2D eigenvalue weighted by Gasteiger charge is 2.29. The summed E-state index contributed by atoms with van der Waals surface area (Å²) in [4.78, 5) is 15.0. The first-order valence-corrected chi connectivity index (χ1v) is 11.6. The average Bonchev–Trinajstić information content (AvgIpc) is 3.39. The minimum Gasteiger partial charge on any atom is -0.342 e. The van der Waals surface area contributed by atoms with Crippen LogP contribution < -0.4 is 0 Å². The Morgan fingerprint density at radius 3 is 2.84 bits per heavy atom. The Labute approximate surface area is 183 Å². The van der Waals surface area contributed by atoms with Crippen LogP contribution in [0.3, 0.4) is 0 Å². The zero-order valence-corrected chi connectivity index (χ0v) is 18.0. The third kappa shape index (κ3) is 4.40. The summed E-state index contributed by atoms with van der Waals surface area (Å²) in [5.74, 6) is 2.76. The Kier molecular flexibility index (Phi) is 5.82. The van der Waals surface area contributed by atoms with Gasteiger partial charge in [0.15, 0.2) is 0 Å². The van der Waals surface area contributed by atoms with E-state index in [0.29, 0.717) is 18.8 Å². The lowest BCUT2D eigenvalue weighted by atomic mass is 9.96. The van der Waals surface area contributed by atoms with E-state index in [1.807, 2.05) is 52.3 Å². The minimum absolute atomic E-state index is 0.229. The zero-order chi connectivity index (χ0) is 21.0. The number of para-hydroxylation sites is 1. The van der Waals surface area contributed by atoms with Gasteiger partial charge in [0.25, 0.3) is 0 Å². The lowest BCUT2D eigenvalue weighted by Gasteiger charge is -2.32. The van der Waals surface area contributed by atoms with E-state index < -0.39 is 0 Å². The molecule has 0 bridgehead atoms. The van der Waals surface area contributed by atoms with Crippen molar-refractivity contribution in [1.82, 2.24) is 29.4 Å². The van der Waals surface area contributed by atoms with E-state index in [1.165, 1.54) is 19.3 Å². The minimum atomic E-state index is 0.229. The second kappa shape index (κ2) is 9.04. The molecule has 0 N–H and O–H groups in total. The molecule has 1 aromatic carbocycles. The van der Waals surface area contributed by atoms with Crippen molar-refractivity contribution in [2.24, 2.45) is 0 Å². The largest absolute Gasteiger partial charge is 0.342 e. The third-order valence-electron chi connectivity index (χ3n) is 6.56. The van der Waals surface area contributed by atoms with E-state index in [0.717, 1.165) is 61.8 Å². The summed E-state index contributed by atoms with van der Waals surface area (Å²) in [6, 6.07) is 10.1. The van der Waals surface area contributed by atoms with Crippen molar-refractivity contribution in [2.45, 2.75) is 63.8 Å². The molecule has 1 atom stereocenters. The number of hydrogen-bond donors (Lipinski definition) is 0. The standard InChI is InChI=1S/C24H30N6O/c31-23(13-12-19-16-25-30(17-19)21-9-3-1-4-10-21)28-14-7-8-20(18-28)24-27-26-22-11-5-2-6-15-29(22)24/h1,3-4,9-10,16-17,20H,2,5-8,11-15,18H2/t20-/m0/s1. The zero-order valence-electron chi connectivity index (χ0n) is 18.0. The van der Waals surface area contributed by atoms with Gasteiger partial charge in [-0.2, -0.15) is 5.10 Å². The van der Waals surface area contributed by atoms with Crippen molar-refractivity contribution in [3.8, 4) is 5.69 Å². The molecule has 0 radical (unpaired) electrons. The molecule has 1 fully saturated rings. The quantitative estimate of drug-likeness (QED) is 0.636. The molecule has 2 aliphatic rings. The fraction of sp³-hybridized carbons (Fsp3) is 0.500. The number of carbonyl (C=O) groups is 1. The number of nitrogens with zero attached hydrogens (tertiary/aromatic N) is 6. The van der Waals surface area contributed by atoms with Crippen LogP contribution >= 0.6 is 0 Å². The molecule has 4 heterocycles. The molecule has 3 aromatic rings. The molecule has 1 saturated heterocycles. The molecular formula is C24H30N6O. The fourth-order valence-electron chi connectivity index (χ4n) is 4.84. The molecule has 0 aliphatic carbocycles. The Morgan fingerprint density at radius 2 is 1.94 bits per heavy atom. The number of fused-ring (bicyclic) bond motifs is 1. The van der Waals surface area contributed by atoms with Gasteiger partial charge in [-0.1, -0.05) is 24.6 Å². The molecule has 7 nitrogen and oxygen atoms in total. The van der Waals surface area contributed by atoms with Crippen molar-refractivity contribution in [3.63, 3.8) is 0 Å². The van der Waals surface area contributed by atoms with Crippen molar-refractivity contribution in [3.05, 3.63) is 59.9 Å². The number of benzene rings is 1. The van der Waals surface area contributed by atoms with E-state index in [1.54, 1.807) is 0 Å². The Bertz CT molecular complexity index is 1020. The van der Waals surface area contributed by atoms with Crippen LogP contribution in [0.15, 0.2) is 42.7 Å². The van der Waals surface area contributed by atoms with Gasteiger partial charge < -0.3 is 9.47 Å². The van der Waals surface area contributed by atoms with E-state index in [4.69, 9.17) is 0 Å². The Balaban J connectivity index is 1.20. The molecule has 1 amide bonds. The Morgan fingerprint density at radius 1 is 1.03 bits per heavy atom. The predicted octanol–water partition coefficient (Wildman–Crippen LogP) is 3.53. The van der Waals surface area contributed by atoms with Gasteiger partial charge in [-0.3, -0.25) is 4.79 Å². The molecule has 2 aromatic heterocycles. The summed E-state index contributed by atoms with van der Waals surface area (Å²) in [7, 11) is 0. The number of amides is 1. The normalized spacial score (nSPS) is 19.1. The summed E-state index contributed by atoms with van der Waals surface area (Å²) in [5, 5.41) is 13.5. The number of aromatic nitrogens is 5. The topological polar surface area (TPSA) is 68.8 Å². The SMILES string of the molecule is O=C(CCc1cnn(-c2ccccc2)c1)N1CCC[C@H](c2nnc3n2CCCCC3)C1. The number of aryl methyl sites for hydroxylation is 2. The van der Waals surface area contributed by atoms with Gasteiger partial charge in [-0.05, 0) is 49.8 Å². The number of piperidine rings is 1. The first kappa shape index (κ1) is 20.0. The van der Waals surface area contributed by atoms with Gasteiger partial charge in [0.05, 0.1) is 11.9 Å². The second-order valence-electron chi connectivity index (χ2n) is 8.74. The highest BCUT2D eigenvalue weighted by molar-refractivity contribution is 5.76. The van der Waals surface area contributed by atoms with Crippen LogP contribution in [0.25, 0.3) is 5.69 Å². The lowest BCUT2D eigenvalue weighted by Crippen LogP contribution is -2.40. The lowest BCUT2D eigenvalue weighted by molar-refractivity contribution is -0.132. The van der Waals surface area contributed by atoms with Crippen molar-refractivity contribution < 1.29 is 4.79 Å². The maximum atomic E-state index is 13.0. The summed E-state index contributed by atoms with van der Waals surface area (Å²) >= 11 is 0. The summed E-state index contributed by atoms with van der Waals surface area (Å²) in [5.41, 5.74) is 2.12. The van der Waals surface area contributed by atoms with Gasteiger partial charge in [0.2, 0.25) is 5.91 Å². The van der Waals surface area contributed by atoms with Crippen LogP contribution in [0.2, 0.25) is 0 Å². The highest BCUT2D eigenvalue weighted by Crippen LogP contribution is 2.28. The molecule has 0 saturated carbocycles. The van der Waals surface area contributed by atoms with Gasteiger partial charge in [-0.25, -0.2) is 4.68 Å². The molecule has 31 heavy (non-hydrogen) atoms. The molecule has 0 spiro atoms. The highest BCUT2D eigenvalue weighted by atomic mass is 16.2. The monoisotopic (exact) mass is 418 g/mol. The second-order valence-corrected chi connectivity index (χ2v) is 8.74. The summed E-state index contributed by atoms with van der Waals surface area (Å²) < 4.78 is 4.21. The van der Waals surface area contributed by atoms with Crippen molar-refractivity contribution >= 4 is 5.91 Å². The van der Waals surface area contributed by atoms with Gasteiger partial charge in [-0.15, -0.1) is 10.2 Å². The molecule has 162 valence electrons. The van der Waals surface area contributed by atoms with Crippen LogP contribution in [0.5, 0.6) is 0 Å². The summed E-state index contributed by atoms with van der Waals surface area (Å²) in [6.07, 6.45) is 11.9. The first-order valence-electron chi connectivity index (χ1n) is 11.6. The third-order valence-corrected chi connectivity index (χ3v) is 6.56. The van der Waals surface area contributed by atoms with Gasteiger partial charge in [0.1, 0.15) is 11.6 Å².